The van der Waals surface area contributed by atoms with E-state index < -0.39 is 5.60 Å². The highest BCUT2D eigenvalue weighted by atomic mass is 35.5. The lowest BCUT2D eigenvalue weighted by atomic mass is 9.71. The summed E-state index contributed by atoms with van der Waals surface area (Å²) in [6, 6.07) is 13.2. The number of carbonyl (C=O) groups excluding carboxylic acids is 2. The van der Waals surface area contributed by atoms with Crippen molar-refractivity contribution in [2.45, 2.75) is 57.1 Å². The Kier molecular flexibility index (Phi) is 6.17. The van der Waals surface area contributed by atoms with Crippen molar-refractivity contribution in [3.8, 4) is 0 Å². The van der Waals surface area contributed by atoms with Crippen LogP contribution in [-0.4, -0.2) is 41.6 Å². The van der Waals surface area contributed by atoms with Gasteiger partial charge in [-0.05, 0) is 69.4 Å². The molecule has 2 aliphatic rings. The van der Waals surface area contributed by atoms with Crippen molar-refractivity contribution in [1.82, 2.24) is 10.2 Å². The summed E-state index contributed by atoms with van der Waals surface area (Å²) in [7, 11) is 0. The lowest BCUT2D eigenvalue weighted by molar-refractivity contribution is 0.0146. The Bertz CT molecular complexity index is 1040. The maximum atomic E-state index is 13.1. The molecule has 1 spiro atoms. The molecule has 5 nitrogen and oxygen atoms in total. The first kappa shape index (κ1) is 22.9. The molecule has 2 aromatic carbocycles. The van der Waals surface area contributed by atoms with Crippen LogP contribution in [0, 0.1) is 0 Å². The van der Waals surface area contributed by atoms with E-state index in [4.69, 9.17) is 27.9 Å². The first-order valence-corrected chi connectivity index (χ1v) is 11.7. The summed E-state index contributed by atoms with van der Waals surface area (Å²) in [6.07, 6.45) is 1.97. The monoisotopic (exact) mass is 474 g/mol. The average Bonchev–Trinajstić information content (AvgIpc) is 3.00. The third kappa shape index (κ3) is 4.46. The molecular weight excluding hydrogens is 447 g/mol. The Morgan fingerprint density at radius 3 is 2.44 bits per heavy atom. The van der Waals surface area contributed by atoms with E-state index in [0.29, 0.717) is 28.7 Å². The highest BCUT2D eigenvalue weighted by Gasteiger charge is 2.49. The molecule has 0 bridgehead atoms. The van der Waals surface area contributed by atoms with Crippen molar-refractivity contribution in [2.24, 2.45) is 0 Å². The number of hydrogen-bond acceptors (Lipinski definition) is 3. The third-order valence-electron chi connectivity index (χ3n) is 6.43. The second kappa shape index (κ2) is 8.60. The molecule has 1 aliphatic carbocycles. The number of benzene rings is 2. The number of ether oxygens (including phenoxy) is 1. The Balaban J connectivity index is 1.56. The first-order valence-electron chi connectivity index (χ1n) is 10.9. The van der Waals surface area contributed by atoms with Crippen LogP contribution < -0.4 is 5.32 Å². The van der Waals surface area contributed by atoms with E-state index in [1.807, 2.05) is 32.9 Å². The zero-order chi connectivity index (χ0) is 23.1. The number of halogens is 2. The van der Waals surface area contributed by atoms with Crippen LogP contribution in [0.2, 0.25) is 10.0 Å². The van der Waals surface area contributed by atoms with E-state index in [-0.39, 0.29) is 23.5 Å². The number of hydrogen-bond donors (Lipinski definition) is 1. The molecule has 0 aromatic heterocycles. The molecule has 32 heavy (non-hydrogen) atoms. The molecule has 1 atom stereocenters. The molecule has 2 aromatic rings. The van der Waals surface area contributed by atoms with Crippen LogP contribution in [0.1, 0.15) is 55.1 Å². The SMILES string of the molecule is CC(C)(C)OC(=O)N1CCC2(CC1)c1ccccc1CC2NC(=O)c1ccc(Cl)cc1Cl. The molecule has 1 aliphatic heterocycles. The quantitative estimate of drug-likeness (QED) is 0.614. The fourth-order valence-corrected chi connectivity index (χ4v) is 5.41. The van der Waals surface area contributed by atoms with Gasteiger partial charge >= 0.3 is 6.09 Å². The number of piperidine rings is 1. The van der Waals surface area contributed by atoms with Gasteiger partial charge in [0.05, 0.1) is 10.6 Å². The minimum Gasteiger partial charge on any atom is -0.444 e. The lowest BCUT2D eigenvalue weighted by Crippen LogP contribution is -2.55. The minimum absolute atomic E-state index is 0.0834. The van der Waals surface area contributed by atoms with Gasteiger partial charge in [-0.2, -0.15) is 0 Å². The lowest BCUT2D eigenvalue weighted by Gasteiger charge is -2.44. The van der Waals surface area contributed by atoms with Crippen molar-refractivity contribution in [1.29, 1.82) is 0 Å². The van der Waals surface area contributed by atoms with Crippen LogP contribution in [0.3, 0.4) is 0 Å². The normalized spacial score (nSPS) is 19.5. The van der Waals surface area contributed by atoms with E-state index in [1.54, 1.807) is 23.1 Å². The van der Waals surface area contributed by atoms with Crippen molar-refractivity contribution >= 4 is 35.2 Å². The van der Waals surface area contributed by atoms with Gasteiger partial charge in [-0.25, -0.2) is 4.79 Å². The number of carbonyl (C=O) groups is 2. The van der Waals surface area contributed by atoms with Gasteiger partial charge in [-0.15, -0.1) is 0 Å². The maximum Gasteiger partial charge on any atom is 0.410 e. The molecule has 4 rings (SSSR count). The highest BCUT2D eigenvalue weighted by Crippen LogP contribution is 2.46. The predicted molar refractivity (Wildman–Crippen MR) is 127 cm³/mol. The maximum absolute atomic E-state index is 13.1. The highest BCUT2D eigenvalue weighted by molar-refractivity contribution is 6.36. The average molecular weight is 475 g/mol. The van der Waals surface area contributed by atoms with Crippen LogP contribution >= 0.6 is 23.2 Å². The fourth-order valence-electron chi connectivity index (χ4n) is 4.92. The Hall–Kier alpha value is -2.24. The summed E-state index contributed by atoms with van der Waals surface area (Å²) in [4.78, 5) is 27.5. The number of amides is 2. The Morgan fingerprint density at radius 1 is 1.09 bits per heavy atom. The van der Waals surface area contributed by atoms with Crippen LogP contribution in [-0.2, 0) is 16.6 Å². The molecule has 1 fully saturated rings. The van der Waals surface area contributed by atoms with Gasteiger partial charge in [-0.1, -0.05) is 47.5 Å². The smallest absolute Gasteiger partial charge is 0.410 e. The molecular formula is C25H28Cl2N2O3. The molecule has 1 saturated heterocycles. The second-order valence-corrected chi connectivity index (χ2v) is 10.5. The van der Waals surface area contributed by atoms with E-state index >= 15 is 0 Å². The molecule has 7 heteroatoms. The first-order chi connectivity index (χ1) is 15.1. The molecule has 1 heterocycles. The van der Waals surface area contributed by atoms with E-state index in [9.17, 15) is 9.59 Å². The molecule has 170 valence electrons. The number of rotatable bonds is 2. The van der Waals surface area contributed by atoms with Crippen molar-refractivity contribution in [2.75, 3.05) is 13.1 Å². The summed E-state index contributed by atoms with van der Waals surface area (Å²) >= 11 is 12.3. The summed E-state index contributed by atoms with van der Waals surface area (Å²) < 4.78 is 5.56. The molecule has 2 amide bonds. The van der Waals surface area contributed by atoms with Gasteiger partial charge < -0.3 is 15.0 Å². The summed E-state index contributed by atoms with van der Waals surface area (Å²) in [5.41, 5.74) is 2.15. The summed E-state index contributed by atoms with van der Waals surface area (Å²) in [5.74, 6) is -0.210. The minimum atomic E-state index is -0.527. The number of fused-ring (bicyclic) bond motifs is 2. The van der Waals surface area contributed by atoms with Gasteiger partial charge in [0.2, 0.25) is 0 Å². The zero-order valence-corrected chi connectivity index (χ0v) is 20.1. The van der Waals surface area contributed by atoms with Crippen LogP contribution in [0.25, 0.3) is 0 Å². The van der Waals surface area contributed by atoms with Gasteiger partial charge in [-0.3, -0.25) is 4.79 Å². The third-order valence-corrected chi connectivity index (χ3v) is 6.98. The number of nitrogens with one attached hydrogen (secondary N) is 1. The van der Waals surface area contributed by atoms with Gasteiger partial charge in [0.1, 0.15) is 5.60 Å². The second-order valence-electron chi connectivity index (χ2n) is 9.64. The zero-order valence-electron chi connectivity index (χ0n) is 18.6. The molecule has 1 unspecified atom stereocenters. The van der Waals surface area contributed by atoms with E-state index in [0.717, 1.165) is 19.3 Å². The summed E-state index contributed by atoms with van der Waals surface area (Å²) in [5, 5.41) is 4.07. The van der Waals surface area contributed by atoms with Crippen molar-refractivity contribution in [3.05, 3.63) is 69.2 Å². The predicted octanol–water partition coefficient (Wildman–Crippen LogP) is 5.62. The van der Waals surface area contributed by atoms with Crippen LogP contribution in [0.15, 0.2) is 42.5 Å². The van der Waals surface area contributed by atoms with Gasteiger partial charge in [0, 0.05) is 29.6 Å². The van der Waals surface area contributed by atoms with E-state index in [1.165, 1.54) is 11.1 Å². The Morgan fingerprint density at radius 2 is 1.78 bits per heavy atom. The van der Waals surface area contributed by atoms with E-state index in [2.05, 4.69) is 17.4 Å². The number of likely N-dealkylation sites (tertiary alicyclic amines) is 1. The molecule has 1 N–H and O–H groups in total. The number of nitrogens with zero attached hydrogens (tertiary/aromatic N) is 1. The Labute approximate surface area is 199 Å². The standard InChI is InChI=1S/C25H28Cl2N2O3/c1-24(2,3)32-23(31)29-12-10-25(11-13-29)19-7-5-4-6-16(19)14-21(25)28-22(30)18-9-8-17(26)15-20(18)27/h4-9,15,21H,10-14H2,1-3H3,(H,28,30). The molecule has 0 radical (unpaired) electrons. The molecule has 0 saturated carbocycles. The van der Waals surface area contributed by atoms with Crippen LogP contribution in [0.5, 0.6) is 0 Å². The largest absolute Gasteiger partial charge is 0.444 e. The van der Waals surface area contributed by atoms with Crippen LogP contribution in [0.4, 0.5) is 4.79 Å². The van der Waals surface area contributed by atoms with Gasteiger partial charge in [0.25, 0.3) is 5.91 Å². The van der Waals surface area contributed by atoms with Crippen molar-refractivity contribution in [3.63, 3.8) is 0 Å². The fraction of sp³-hybridized carbons (Fsp3) is 0.440. The van der Waals surface area contributed by atoms with Crippen molar-refractivity contribution < 1.29 is 14.3 Å². The summed E-state index contributed by atoms with van der Waals surface area (Å²) in [6.45, 7) is 6.78. The van der Waals surface area contributed by atoms with Gasteiger partial charge in [0.15, 0.2) is 0 Å². The topological polar surface area (TPSA) is 58.6 Å².